The van der Waals surface area contributed by atoms with E-state index in [1.165, 1.54) is 0 Å². The first-order valence-electron chi connectivity index (χ1n) is 10.8. The smallest absolute Gasteiger partial charge is 0.664 e. The Bertz CT molecular complexity index is 1270. The van der Waals surface area contributed by atoms with Gasteiger partial charge in [-0.2, -0.15) is 12.4 Å². The van der Waals surface area contributed by atoms with Crippen LogP contribution in [0.25, 0.3) is 11.1 Å². The molecule has 173 valence electrons. The molecule has 0 N–H and O–H groups in total. The summed E-state index contributed by atoms with van der Waals surface area (Å²) in [5.74, 6) is 0. The first-order valence-corrected chi connectivity index (χ1v) is 10.8. The number of allylic oxidation sites excluding steroid dienone is 4. The normalized spacial score (nSPS) is 16.0. The minimum atomic E-state index is 0. The van der Waals surface area contributed by atoms with Crippen molar-refractivity contribution in [3.8, 4) is 0 Å². The van der Waals surface area contributed by atoms with Crippen LogP contribution in [0, 0.1) is 0 Å². The molecule has 0 spiro atoms. The zero-order valence-electron chi connectivity index (χ0n) is 18.5. The maximum atomic E-state index is 4.35. The maximum absolute atomic E-state index is 4.35. The molecule has 2 aliphatic rings. The Morgan fingerprint density at radius 3 is 1.31 bits per heavy atom. The molecule has 0 fully saturated rings. The first-order chi connectivity index (χ1) is 16.9. The predicted octanol–water partition coefficient (Wildman–Crippen LogP) is 4.88. The van der Waals surface area contributed by atoms with Gasteiger partial charge in [0.15, 0.2) is 0 Å². The van der Waals surface area contributed by atoms with Gasteiger partial charge in [0.1, 0.15) is 0 Å². The van der Waals surface area contributed by atoms with Gasteiger partial charge in [-0.1, -0.05) is 24.3 Å². The third-order valence-electron chi connectivity index (χ3n) is 5.18. The summed E-state index contributed by atoms with van der Waals surface area (Å²) in [5, 5.41) is 0. The Kier molecular flexibility index (Phi) is 7.96. The second-order valence-electron chi connectivity index (χ2n) is 7.31. The van der Waals surface area contributed by atoms with Crippen LogP contribution in [0.15, 0.2) is 131 Å². The molecule has 4 aromatic heterocycles. The molecule has 1 radical (unpaired) electrons. The van der Waals surface area contributed by atoms with Gasteiger partial charge in [-0.05, 0) is 70.8 Å². The Morgan fingerprint density at radius 1 is 0.571 bits per heavy atom. The van der Waals surface area contributed by atoms with Crippen molar-refractivity contribution in [2.45, 2.75) is 0 Å². The SMILES string of the molecule is C1=CC(=C(c2ccncc2)c2ccc[n-]2)N=C1.C1=CC(=C(c2ccncc2)c2ccc[n-]2)N=C1.[Cu+2]. The summed E-state index contributed by atoms with van der Waals surface area (Å²) in [6.07, 6.45) is 22.1. The van der Waals surface area contributed by atoms with Crippen molar-refractivity contribution >= 4 is 23.6 Å². The van der Waals surface area contributed by atoms with E-state index in [9.17, 15) is 0 Å². The van der Waals surface area contributed by atoms with Crippen molar-refractivity contribution in [1.29, 1.82) is 0 Å². The van der Waals surface area contributed by atoms with Crippen LogP contribution in [0.3, 0.4) is 0 Å². The molecule has 4 aromatic rings. The fraction of sp³-hybridized carbons (Fsp3) is 0. The van der Waals surface area contributed by atoms with Crippen LogP contribution in [0.1, 0.15) is 22.5 Å². The molecule has 0 aromatic carbocycles. The monoisotopic (exact) mass is 503 g/mol. The fourth-order valence-electron chi connectivity index (χ4n) is 3.68. The van der Waals surface area contributed by atoms with E-state index >= 15 is 0 Å². The molecular weight excluding hydrogens is 484 g/mol. The van der Waals surface area contributed by atoms with Crippen molar-refractivity contribution in [2.75, 3.05) is 0 Å². The van der Waals surface area contributed by atoms with Crippen LogP contribution in [0.4, 0.5) is 0 Å². The van der Waals surface area contributed by atoms with Crippen molar-refractivity contribution in [3.05, 3.63) is 144 Å². The number of nitrogens with zero attached hydrogens (tertiary/aromatic N) is 6. The maximum Gasteiger partial charge on any atom is 2.00 e. The quantitative estimate of drug-likeness (QED) is 0.372. The Labute approximate surface area is 214 Å². The van der Waals surface area contributed by atoms with E-state index in [-0.39, 0.29) is 17.1 Å². The molecule has 2 aliphatic heterocycles. The first kappa shape index (κ1) is 23.8. The summed E-state index contributed by atoms with van der Waals surface area (Å²) in [4.78, 5) is 25.5. The topological polar surface area (TPSA) is 78.7 Å². The molecule has 0 saturated heterocycles. The van der Waals surface area contributed by atoms with Gasteiger partial charge in [-0.3, -0.25) is 20.0 Å². The number of hydrogen-bond acceptors (Lipinski definition) is 4. The van der Waals surface area contributed by atoms with E-state index in [1.54, 1.807) is 49.6 Å². The number of rotatable bonds is 4. The molecule has 0 aliphatic carbocycles. The number of aromatic nitrogens is 4. The van der Waals surface area contributed by atoms with E-state index in [1.807, 2.05) is 72.8 Å². The molecule has 35 heavy (non-hydrogen) atoms. The van der Waals surface area contributed by atoms with Gasteiger partial charge < -0.3 is 9.97 Å². The molecule has 0 amide bonds. The third kappa shape index (κ3) is 5.61. The summed E-state index contributed by atoms with van der Waals surface area (Å²) in [7, 11) is 0. The van der Waals surface area contributed by atoms with Crippen LogP contribution < -0.4 is 9.97 Å². The number of pyridine rings is 2. The predicted molar refractivity (Wildman–Crippen MR) is 135 cm³/mol. The zero-order chi connectivity index (χ0) is 23.0. The molecule has 6 heterocycles. The average molecular weight is 504 g/mol. The minimum absolute atomic E-state index is 0. The minimum Gasteiger partial charge on any atom is -0.664 e. The summed E-state index contributed by atoms with van der Waals surface area (Å²) in [5.41, 5.74) is 8.01. The molecular formula is C28H20CuN6. The van der Waals surface area contributed by atoms with E-state index in [0.717, 1.165) is 45.1 Å². The van der Waals surface area contributed by atoms with Crippen LogP contribution in [-0.4, -0.2) is 22.4 Å². The molecule has 6 nitrogen and oxygen atoms in total. The summed E-state index contributed by atoms with van der Waals surface area (Å²) >= 11 is 0. The summed E-state index contributed by atoms with van der Waals surface area (Å²) < 4.78 is 0. The average Bonchev–Trinajstić information content (AvgIpc) is 3.71. The molecule has 0 bridgehead atoms. The van der Waals surface area contributed by atoms with Crippen molar-refractivity contribution in [2.24, 2.45) is 9.98 Å². The van der Waals surface area contributed by atoms with Crippen molar-refractivity contribution < 1.29 is 17.1 Å². The van der Waals surface area contributed by atoms with E-state index < -0.39 is 0 Å². The fourth-order valence-corrected chi connectivity index (χ4v) is 3.68. The van der Waals surface area contributed by atoms with Crippen LogP contribution in [0.5, 0.6) is 0 Å². The number of aliphatic imine (C=N–C) groups is 2. The Hall–Kier alpha value is -4.32. The van der Waals surface area contributed by atoms with Crippen molar-refractivity contribution in [1.82, 2.24) is 19.9 Å². The third-order valence-corrected chi connectivity index (χ3v) is 5.18. The molecule has 0 unspecified atom stereocenters. The van der Waals surface area contributed by atoms with E-state index in [2.05, 4.69) is 29.9 Å². The standard InChI is InChI=1S/2C14H10N3.Cu/c2*1-3-12(16-7-1)14(13-4-2-8-17-13)11-5-9-15-10-6-11;/h2*1-10H;/q2*-1;+2. The van der Waals surface area contributed by atoms with Gasteiger partial charge in [-0.25, -0.2) is 0 Å². The van der Waals surface area contributed by atoms with E-state index in [4.69, 9.17) is 0 Å². The van der Waals surface area contributed by atoms with Crippen LogP contribution in [0.2, 0.25) is 0 Å². The largest absolute Gasteiger partial charge is 2.00 e. The summed E-state index contributed by atoms with van der Waals surface area (Å²) in [6.45, 7) is 0. The van der Waals surface area contributed by atoms with Gasteiger partial charge in [-0.15, -0.1) is 11.4 Å². The van der Waals surface area contributed by atoms with Gasteiger partial charge >= 0.3 is 17.1 Å². The second kappa shape index (κ2) is 11.7. The summed E-state index contributed by atoms with van der Waals surface area (Å²) in [6, 6.07) is 15.7. The molecule has 0 atom stereocenters. The molecule has 0 saturated carbocycles. The zero-order valence-corrected chi connectivity index (χ0v) is 19.5. The molecule has 6 rings (SSSR count). The van der Waals surface area contributed by atoms with Gasteiger partial charge in [0.25, 0.3) is 0 Å². The van der Waals surface area contributed by atoms with Crippen LogP contribution in [-0.2, 0) is 17.1 Å². The van der Waals surface area contributed by atoms with E-state index in [0.29, 0.717) is 0 Å². The van der Waals surface area contributed by atoms with Crippen molar-refractivity contribution in [3.63, 3.8) is 0 Å². The molecule has 7 heteroatoms. The second-order valence-corrected chi connectivity index (χ2v) is 7.31. The van der Waals surface area contributed by atoms with Gasteiger partial charge in [0.2, 0.25) is 0 Å². The van der Waals surface area contributed by atoms with Gasteiger partial charge in [0, 0.05) is 37.2 Å². The Balaban J connectivity index is 0.000000160. The van der Waals surface area contributed by atoms with Gasteiger partial charge in [0.05, 0.1) is 11.4 Å². The Morgan fingerprint density at radius 2 is 1.00 bits per heavy atom. The van der Waals surface area contributed by atoms with Crippen LogP contribution >= 0.6 is 0 Å². The number of hydrogen-bond donors (Lipinski definition) is 0.